The van der Waals surface area contributed by atoms with Gasteiger partial charge in [-0.1, -0.05) is 6.92 Å². The van der Waals surface area contributed by atoms with Gasteiger partial charge in [0.05, 0.1) is 7.11 Å². The highest BCUT2D eigenvalue weighted by Gasteiger charge is 2.10. The average molecular weight is 258 g/mol. The zero-order chi connectivity index (χ0) is 13.8. The summed E-state index contributed by atoms with van der Waals surface area (Å²) < 4.78 is 5.05. The van der Waals surface area contributed by atoms with Crippen molar-refractivity contribution in [1.29, 1.82) is 0 Å². The number of nitrogens with one attached hydrogen (secondary N) is 1. The second kappa shape index (κ2) is 5.65. The molecule has 100 valence electrons. The first kappa shape index (κ1) is 13.3. The van der Waals surface area contributed by atoms with Crippen LogP contribution in [0.3, 0.4) is 0 Å². The second-order valence-corrected chi connectivity index (χ2v) is 4.16. The number of aryl methyl sites for hydroxylation is 1. The van der Waals surface area contributed by atoms with Gasteiger partial charge in [-0.15, -0.1) is 0 Å². The van der Waals surface area contributed by atoms with E-state index in [0.29, 0.717) is 11.7 Å². The number of hydrogen-bond donors (Lipinski definition) is 1. The van der Waals surface area contributed by atoms with E-state index in [-0.39, 0.29) is 0 Å². The molecule has 2 rings (SSSR count). The minimum absolute atomic E-state index is 0.584. The Morgan fingerprint density at radius 3 is 2.58 bits per heavy atom. The van der Waals surface area contributed by atoms with Crippen molar-refractivity contribution in [1.82, 2.24) is 15.0 Å². The minimum atomic E-state index is 0.584. The summed E-state index contributed by atoms with van der Waals surface area (Å²) in [6.45, 7) is 4.12. The first-order chi connectivity index (χ1) is 9.19. The third-order valence-corrected chi connectivity index (χ3v) is 3.02. The van der Waals surface area contributed by atoms with Gasteiger partial charge in [-0.05, 0) is 19.4 Å². The Labute approximate surface area is 113 Å². The van der Waals surface area contributed by atoms with Crippen LogP contribution in [0.5, 0.6) is 5.88 Å². The second-order valence-electron chi connectivity index (χ2n) is 4.16. The molecule has 0 aromatic carbocycles. The van der Waals surface area contributed by atoms with Crippen LogP contribution in [0, 0.1) is 6.92 Å². The van der Waals surface area contributed by atoms with Gasteiger partial charge in [-0.25, -0.2) is 15.0 Å². The zero-order valence-corrected chi connectivity index (χ0v) is 11.7. The fourth-order valence-corrected chi connectivity index (χ4v) is 1.91. The summed E-state index contributed by atoms with van der Waals surface area (Å²) in [4.78, 5) is 13.3. The Balaban J connectivity index is 2.48. The van der Waals surface area contributed by atoms with Gasteiger partial charge < -0.3 is 10.1 Å². The van der Waals surface area contributed by atoms with Gasteiger partial charge >= 0.3 is 0 Å². The molecule has 0 spiro atoms. The van der Waals surface area contributed by atoms with E-state index in [1.54, 1.807) is 13.3 Å². The van der Waals surface area contributed by atoms with Crippen LogP contribution in [0.4, 0.5) is 5.82 Å². The molecule has 2 aromatic heterocycles. The zero-order valence-electron chi connectivity index (χ0n) is 11.7. The Hall–Kier alpha value is -2.17. The lowest BCUT2D eigenvalue weighted by Crippen LogP contribution is -2.04. The molecule has 5 nitrogen and oxygen atoms in total. The van der Waals surface area contributed by atoms with Crippen LogP contribution in [0.1, 0.15) is 18.2 Å². The van der Waals surface area contributed by atoms with Crippen molar-refractivity contribution in [3.63, 3.8) is 0 Å². The molecule has 0 radical (unpaired) electrons. The van der Waals surface area contributed by atoms with Crippen LogP contribution in [0.2, 0.25) is 0 Å². The van der Waals surface area contributed by atoms with Crippen LogP contribution >= 0.6 is 0 Å². The van der Waals surface area contributed by atoms with Gasteiger partial charge in [0.15, 0.2) is 5.82 Å². The Kier molecular flexibility index (Phi) is 3.94. The highest BCUT2D eigenvalue weighted by Crippen LogP contribution is 2.22. The fraction of sp³-hybridized carbons (Fsp3) is 0.357. The quantitative estimate of drug-likeness (QED) is 0.912. The van der Waals surface area contributed by atoms with E-state index in [4.69, 9.17) is 4.74 Å². The van der Waals surface area contributed by atoms with E-state index in [1.807, 2.05) is 26.1 Å². The molecule has 2 aromatic rings. The number of rotatable bonds is 4. The fourth-order valence-electron chi connectivity index (χ4n) is 1.91. The summed E-state index contributed by atoms with van der Waals surface area (Å²) in [5.41, 5.74) is 3.02. The maximum Gasteiger partial charge on any atom is 0.212 e. The van der Waals surface area contributed by atoms with Crippen LogP contribution in [-0.4, -0.2) is 29.1 Å². The molecule has 19 heavy (non-hydrogen) atoms. The lowest BCUT2D eigenvalue weighted by molar-refractivity contribution is 0.398. The predicted molar refractivity (Wildman–Crippen MR) is 75.5 cm³/mol. The average Bonchev–Trinajstić information content (AvgIpc) is 2.47. The minimum Gasteiger partial charge on any atom is -0.481 e. The van der Waals surface area contributed by atoms with Crippen LogP contribution < -0.4 is 10.1 Å². The van der Waals surface area contributed by atoms with Gasteiger partial charge in [0.2, 0.25) is 5.88 Å². The molecule has 5 heteroatoms. The van der Waals surface area contributed by atoms with Crippen molar-refractivity contribution in [3.8, 4) is 17.3 Å². The van der Waals surface area contributed by atoms with Crippen molar-refractivity contribution in [2.75, 3.05) is 19.5 Å². The summed E-state index contributed by atoms with van der Waals surface area (Å²) >= 11 is 0. The molecular formula is C14H18N4O. The number of hydrogen-bond acceptors (Lipinski definition) is 5. The molecule has 0 amide bonds. The molecule has 0 saturated carbocycles. The summed E-state index contributed by atoms with van der Waals surface area (Å²) in [6.07, 6.45) is 2.60. The molecule has 0 aliphatic rings. The topological polar surface area (TPSA) is 59.9 Å². The lowest BCUT2D eigenvalue weighted by Gasteiger charge is -2.11. The molecule has 0 aliphatic heterocycles. The van der Waals surface area contributed by atoms with E-state index in [9.17, 15) is 0 Å². The number of ether oxygens (including phenoxy) is 1. The summed E-state index contributed by atoms with van der Waals surface area (Å²) in [5, 5.41) is 3.11. The third kappa shape index (κ3) is 2.65. The van der Waals surface area contributed by atoms with E-state index < -0.39 is 0 Å². The van der Waals surface area contributed by atoms with Gasteiger partial charge in [-0.3, -0.25) is 0 Å². The van der Waals surface area contributed by atoms with Crippen molar-refractivity contribution in [2.45, 2.75) is 20.3 Å². The number of nitrogens with zero attached hydrogens (tertiary/aromatic N) is 3. The highest BCUT2D eigenvalue weighted by molar-refractivity contribution is 5.59. The largest absolute Gasteiger partial charge is 0.481 e. The highest BCUT2D eigenvalue weighted by atomic mass is 16.5. The number of pyridine rings is 1. The SMILES string of the molecule is CCc1nc(-c2ccc(OC)nc2)nc(NC)c1C. The number of aromatic nitrogens is 3. The first-order valence-corrected chi connectivity index (χ1v) is 6.25. The molecule has 1 N–H and O–H groups in total. The van der Waals surface area contributed by atoms with Gasteiger partial charge in [0, 0.05) is 36.1 Å². The molecule has 0 atom stereocenters. The molecule has 0 bridgehead atoms. The predicted octanol–water partition coefficient (Wildman–Crippen LogP) is 2.46. The number of anilines is 1. The van der Waals surface area contributed by atoms with Gasteiger partial charge in [-0.2, -0.15) is 0 Å². The van der Waals surface area contributed by atoms with E-state index in [2.05, 4.69) is 27.2 Å². The van der Waals surface area contributed by atoms with Crippen LogP contribution in [-0.2, 0) is 6.42 Å². The smallest absolute Gasteiger partial charge is 0.212 e. The van der Waals surface area contributed by atoms with Crippen LogP contribution in [0.25, 0.3) is 11.4 Å². The summed E-state index contributed by atoms with van der Waals surface area (Å²) in [7, 11) is 3.46. The maximum atomic E-state index is 5.05. The Bertz CT molecular complexity index is 541. The van der Waals surface area contributed by atoms with Crippen molar-refractivity contribution in [3.05, 3.63) is 29.6 Å². The first-order valence-electron chi connectivity index (χ1n) is 6.25. The Morgan fingerprint density at radius 2 is 2.05 bits per heavy atom. The normalized spacial score (nSPS) is 10.3. The molecule has 0 fully saturated rings. The standard InChI is InChI=1S/C14H18N4O/c1-5-11-9(2)13(15-3)18-14(17-11)10-6-7-12(19-4)16-8-10/h6-8H,5H2,1-4H3,(H,15,17,18). The van der Waals surface area contributed by atoms with Crippen LogP contribution in [0.15, 0.2) is 18.3 Å². The Morgan fingerprint density at radius 1 is 1.26 bits per heavy atom. The number of methoxy groups -OCH3 is 1. The van der Waals surface area contributed by atoms with E-state index in [1.165, 1.54) is 0 Å². The molecular weight excluding hydrogens is 240 g/mol. The maximum absolute atomic E-state index is 5.05. The molecule has 0 unspecified atom stereocenters. The van der Waals surface area contributed by atoms with E-state index in [0.717, 1.165) is 29.1 Å². The molecule has 2 heterocycles. The van der Waals surface area contributed by atoms with Gasteiger partial charge in [0.25, 0.3) is 0 Å². The summed E-state index contributed by atoms with van der Waals surface area (Å²) in [5.74, 6) is 2.13. The van der Waals surface area contributed by atoms with Crippen molar-refractivity contribution >= 4 is 5.82 Å². The van der Waals surface area contributed by atoms with E-state index >= 15 is 0 Å². The third-order valence-electron chi connectivity index (χ3n) is 3.02. The van der Waals surface area contributed by atoms with Gasteiger partial charge in [0.1, 0.15) is 5.82 Å². The molecule has 0 saturated heterocycles. The summed E-state index contributed by atoms with van der Waals surface area (Å²) in [6, 6.07) is 3.72. The van der Waals surface area contributed by atoms with Crippen molar-refractivity contribution < 1.29 is 4.74 Å². The van der Waals surface area contributed by atoms with Crippen molar-refractivity contribution in [2.24, 2.45) is 0 Å². The molecule has 0 aliphatic carbocycles. The monoisotopic (exact) mass is 258 g/mol. The lowest BCUT2D eigenvalue weighted by atomic mass is 10.1.